The average molecular weight is 461 g/mol. The summed E-state index contributed by atoms with van der Waals surface area (Å²) in [5.74, 6) is -0.110. The zero-order chi connectivity index (χ0) is 24.2. The van der Waals surface area contributed by atoms with Gasteiger partial charge >= 0.3 is 0 Å². The molecule has 0 fully saturated rings. The van der Waals surface area contributed by atoms with E-state index in [1.807, 2.05) is 6.07 Å². The molecule has 0 unspecified atom stereocenters. The van der Waals surface area contributed by atoms with Gasteiger partial charge in [0.1, 0.15) is 0 Å². The van der Waals surface area contributed by atoms with Gasteiger partial charge in [0.2, 0.25) is 5.91 Å². The summed E-state index contributed by atoms with van der Waals surface area (Å²) in [7, 11) is -0.874. The minimum atomic E-state index is -2.65. The second kappa shape index (κ2) is 10.0. The molecule has 1 amide bonds. The van der Waals surface area contributed by atoms with Crippen LogP contribution in [0.15, 0.2) is 72.8 Å². The van der Waals surface area contributed by atoms with Crippen molar-refractivity contribution in [2.75, 3.05) is 18.5 Å². The SMILES string of the molecule is Cc1ccc(N(C)C(=O)CN)c(C)c1CO[Si](c1ccccc1)(c1ccccc1)C(C)(C)C. The summed E-state index contributed by atoms with van der Waals surface area (Å²) in [5.41, 5.74) is 9.81. The highest BCUT2D eigenvalue weighted by Crippen LogP contribution is 2.38. The average Bonchev–Trinajstić information content (AvgIpc) is 2.81. The van der Waals surface area contributed by atoms with E-state index in [-0.39, 0.29) is 17.5 Å². The van der Waals surface area contributed by atoms with Crippen LogP contribution in [0, 0.1) is 13.8 Å². The fraction of sp³-hybridized carbons (Fsp3) is 0.321. The number of nitrogens with zero attached hydrogens (tertiary/aromatic N) is 1. The Morgan fingerprint density at radius 1 is 0.909 bits per heavy atom. The summed E-state index contributed by atoms with van der Waals surface area (Å²) in [6, 6.07) is 25.4. The van der Waals surface area contributed by atoms with E-state index in [1.54, 1.807) is 11.9 Å². The molecule has 0 heterocycles. The first-order valence-electron chi connectivity index (χ1n) is 11.4. The number of carbonyl (C=O) groups is 1. The van der Waals surface area contributed by atoms with Gasteiger partial charge in [-0.25, -0.2) is 0 Å². The Bertz CT molecular complexity index is 1050. The first-order valence-corrected chi connectivity index (χ1v) is 13.3. The fourth-order valence-electron chi connectivity index (χ4n) is 4.68. The smallest absolute Gasteiger partial charge is 0.261 e. The van der Waals surface area contributed by atoms with Crippen LogP contribution in [0.1, 0.15) is 37.5 Å². The zero-order valence-corrected chi connectivity index (χ0v) is 21.7. The number of rotatable bonds is 7. The fourth-order valence-corrected chi connectivity index (χ4v) is 9.19. The Morgan fingerprint density at radius 3 is 1.88 bits per heavy atom. The van der Waals surface area contributed by atoms with Crippen molar-refractivity contribution >= 4 is 30.3 Å². The lowest BCUT2D eigenvalue weighted by molar-refractivity contribution is -0.117. The van der Waals surface area contributed by atoms with Gasteiger partial charge in [-0.2, -0.15) is 0 Å². The molecule has 2 N–H and O–H groups in total. The first kappa shape index (κ1) is 24.9. The number of carbonyl (C=O) groups excluding carboxylic acids is 1. The van der Waals surface area contributed by atoms with Crippen molar-refractivity contribution in [3.8, 4) is 0 Å². The van der Waals surface area contributed by atoms with Gasteiger partial charge in [0.15, 0.2) is 0 Å². The molecule has 0 aliphatic rings. The van der Waals surface area contributed by atoms with Crippen molar-refractivity contribution in [3.05, 3.63) is 89.5 Å². The minimum Gasteiger partial charge on any atom is -0.403 e. The zero-order valence-electron chi connectivity index (χ0n) is 20.7. The molecule has 0 atom stereocenters. The number of likely N-dealkylation sites (N-methyl/N-ethyl adjacent to an activating group) is 1. The van der Waals surface area contributed by atoms with Crippen molar-refractivity contribution in [3.63, 3.8) is 0 Å². The molecule has 0 aromatic heterocycles. The molecule has 0 saturated heterocycles. The normalized spacial score (nSPS) is 12.0. The van der Waals surface area contributed by atoms with E-state index in [9.17, 15) is 4.79 Å². The summed E-state index contributed by atoms with van der Waals surface area (Å²) >= 11 is 0. The number of amides is 1. The maximum absolute atomic E-state index is 12.3. The largest absolute Gasteiger partial charge is 0.403 e. The van der Waals surface area contributed by atoms with Crippen molar-refractivity contribution in [2.45, 2.75) is 46.3 Å². The van der Waals surface area contributed by atoms with E-state index >= 15 is 0 Å². The van der Waals surface area contributed by atoms with Gasteiger partial charge in [0.25, 0.3) is 8.32 Å². The lowest BCUT2D eigenvalue weighted by Gasteiger charge is -2.43. The van der Waals surface area contributed by atoms with Crippen LogP contribution in [-0.4, -0.2) is 27.8 Å². The molecule has 3 rings (SSSR count). The lowest BCUT2D eigenvalue weighted by atomic mass is 10.0. The van der Waals surface area contributed by atoms with Crippen LogP contribution in [0.3, 0.4) is 0 Å². The molecule has 3 aromatic carbocycles. The Kier molecular flexibility index (Phi) is 7.57. The van der Waals surface area contributed by atoms with E-state index in [2.05, 4.69) is 101 Å². The first-order chi connectivity index (χ1) is 15.6. The van der Waals surface area contributed by atoms with Crippen LogP contribution >= 0.6 is 0 Å². The molecule has 3 aromatic rings. The number of anilines is 1. The molecule has 33 heavy (non-hydrogen) atoms. The van der Waals surface area contributed by atoms with Crippen molar-refractivity contribution in [1.29, 1.82) is 0 Å². The van der Waals surface area contributed by atoms with Gasteiger partial charge in [-0.3, -0.25) is 4.79 Å². The Morgan fingerprint density at radius 2 is 1.42 bits per heavy atom. The van der Waals surface area contributed by atoms with Crippen molar-refractivity contribution in [2.24, 2.45) is 5.73 Å². The lowest BCUT2D eigenvalue weighted by Crippen LogP contribution is -2.66. The van der Waals surface area contributed by atoms with E-state index in [0.29, 0.717) is 6.61 Å². The summed E-state index contributed by atoms with van der Waals surface area (Å²) < 4.78 is 7.15. The van der Waals surface area contributed by atoms with Crippen LogP contribution in [0.25, 0.3) is 0 Å². The highest BCUT2D eigenvalue weighted by Gasteiger charge is 2.50. The molecule has 0 aliphatic heterocycles. The molecule has 0 spiro atoms. The molecular formula is C28H36N2O2Si. The predicted octanol–water partition coefficient (Wildman–Crippen LogP) is 4.30. The molecule has 4 nitrogen and oxygen atoms in total. The molecule has 0 saturated carbocycles. The van der Waals surface area contributed by atoms with Crippen LogP contribution in [-0.2, 0) is 15.8 Å². The summed E-state index contributed by atoms with van der Waals surface area (Å²) in [6.07, 6.45) is 0. The van der Waals surface area contributed by atoms with Crippen LogP contribution in [0.2, 0.25) is 5.04 Å². The van der Waals surface area contributed by atoms with Gasteiger partial charge < -0.3 is 15.1 Å². The van der Waals surface area contributed by atoms with E-state index in [4.69, 9.17) is 10.2 Å². The van der Waals surface area contributed by atoms with E-state index in [1.165, 1.54) is 10.4 Å². The molecule has 0 aliphatic carbocycles. The second-order valence-corrected chi connectivity index (χ2v) is 13.9. The molecule has 0 bridgehead atoms. The molecule has 0 radical (unpaired) electrons. The van der Waals surface area contributed by atoms with Crippen molar-refractivity contribution < 1.29 is 9.22 Å². The maximum Gasteiger partial charge on any atom is 0.261 e. The van der Waals surface area contributed by atoms with Gasteiger partial charge in [-0.1, -0.05) is 87.5 Å². The number of nitrogens with two attached hydrogens (primary N) is 1. The second-order valence-electron chi connectivity index (χ2n) is 9.61. The number of hydrogen-bond donors (Lipinski definition) is 1. The van der Waals surface area contributed by atoms with Crippen LogP contribution in [0.5, 0.6) is 0 Å². The summed E-state index contributed by atoms with van der Waals surface area (Å²) in [6.45, 7) is 11.5. The third kappa shape index (κ3) is 4.81. The third-order valence-corrected chi connectivity index (χ3v) is 11.5. The third-order valence-electron chi connectivity index (χ3n) is 6.56. The Hall–Kier alpha value is -2.73. The Balaban J connectivity index is 2.12. The van der Waals surface area contributed by atoms with E-state index in [0.717, 1.165) is 22.4 Å². The minimum absolute atomic E-state index is 0.0162. The molecular weight excluding hydrogens is 424 g/mol. The monoisotopic (exact) mass is 460 g/mol. The summed E-state index contributed by atoms with van der Waals surface area (Å²) in [4.78, 5) is 13.9. The molecule has 174 valence electrons. The van der Waals surface area contributed by atoms with Gasteiger partial charge in [0, 0.05) is 12.7 Å². The van der Waals surface area contributed by atoms with Gasteiger partial charge in [-0.05, 0) is 52.0 Å². The number of benzene rings is 3. The number of aryl methyl sites for hydroxylation is 1. The van der Waals surface area contributed by atoms with Crippen LogP contribution in [0.4, 0.5) is 5.69 Å². The highest BCUT2D eigenvalue weighted by molar-refractivity contribution is 6.99. The quantitative estimate of drug-likeness (QED) is 0.535. The molecule has 5 heteroatoms. The van der Waals surface area contributed by atoms with Crippen molar-refractivity contribution in [1.82, 2.24) is 0 Å². The topological polar surface area (TPSA) is 55.6 Å². The van der Waals surface area contributed by atoms with Crippen LogP contribution < -0.4 is 21.0 Å². The highest BCUT2D eigenvalue weighted by atomic mass is 28.4. The van der Waals surface area contributed by atoms with Gasteiger partial charge in [0.05, 0.1) is 13.2 Å². The maximum atomic E-state index is 12.3. The Labute approximate surface area is 199 Å². The standard InChI is InChI=1S/C28H36N2O2Si/c1-21-17-18-26(30(6)27(31)19-29)22(2)25(21)20-32-33(28(3,4)5,23-13-9-7-10-14-23)24-15-11-8-12-16-24/h7-18H,19-20,29H2,1-6H3. The van der Waals surface area contributed by atoms with Gasteiger partial charge in [-0.15, -0.1) is 0 Å². The number of hydrogen-bond acceptors (Lipinski definition) is 3. The summed E-state index contributed by atoms with van der Waals surface area (Å²) in [5, 5.41) is 2.41. The van der Waals surface area contributed by atoms with E-state index < -0.39 is 8.32 Å². The predicted molar refractivity (Wildman–Crippen MR) is 141 cm³/mol.